The summed E-state index contributed by atoms with van der Waals surface area (Å²) in [7, 11) is -3.72. The monoisotopic (exact) mass is 523 g/mol. The molecule has 1 unspecified atom stereocenters. The van der Waals surface area contributed by atoms with Gasteiger partial charge in [0.05, 0.1) is 11.9 Å². The van der Waals surface area contributed by atoms with Crippen LogP contribution < -0.4 is 9.62 Å². The molecular formula is C23H30BrN3O4S. The molecule has 2 rings (SSSR count). The van der Waals surface area contributed by atoms with Crippen molar-refractivity contribution in [2.75, 3.05) is 23.7 Å². The number of nitrogens with zero attached hydrogens (tertiary/aromatic N) is 2. The second-order valence-corrected chi connectivity index (χ2v) is 10.3. The number of benzene rings is 2. The van der Waals surface area contributed by atoms with Crippen molar-refractivity contribution in [3.63, 3.8) is 0 Å². The summed E-state index contributed by atoms with van der Waals surface area (Å²) in [5.41, 5.74) is 2.29. The lowest BCUT2D eigenvalue weighted by atomic mass is 10.1. The van der Waals surface area contributed by atoms with Gasteiger partial charge in [-0.1, -0.05) is 47.1 Å². The highest BCUT2D eigenvalue weighted by molar-refractivity contribution is 9.10. The number of likely N-dealkylation sites (N-methyl/N-ethyl adjacent to an activating group) is 1. The predicted octanol–water partition coefficient (Wildman–Crippen LogP) is 3.33. The molecular weight excluding hydrogens is 494 g/mol. The van der Waals surface area contributed by atoms with Crippen LogP contribution in [0.25, 0.3) is 0 Å². The van der Waals surface area contributed by atoms with E-state index in [-0.39, 0.29) is 12.5 Å². The van der Waals surface area contributed by atoms with Gasteiger partial charge in [-0.3, -0.25) is 13.9 Å². The summed E-state index contributed by atoms with van der Waals surface area (Å²) in [6.45, 7) is 5.65. The van der Waals surface area contributed by atoms with Crippen molar-refractivity contribution in [2.45, 2.75) is 39.8 Å². The smallest absolute Gasteiger partial charge is 0.244 e. The highest BCUT2D eigenvalue weighted by Crippen LogP contribution is 2.21. The molecule has 0 spiro atoms. The third-order valence-electron chi connectivity index (χ3n) is 5.07. The molecule has 0 fully saturated rings. The molecule has 0 bridgehead atoms. The van der Waals surface area contributed by atoms with Crippen molar-refractivity contribution >= 4 is 43.5 Å². The van der Waals surface area contributed by atoms with Crippen molar-refractivity contribution in [1.82, 2.24) is 10.2 Å². The summed E-state index contributed by atoms with van der Waals surface area (Å²) >= 11 is 3.42. The number of amides is 2. The first-order valence-corrected chi connectivity index (χ1v) is 13.1. The molecule has 0 aliphatic carbocycles. The summed E-state index contributed by atoms with van der Waals surface area (Å²) in [5, 5.41) is 2.73. The molecule has 0 aliphatic rings. The van der Waals surface area contributed by atoms with Gasteiger partial charge >= 0.3 is 0 Å². The first-order valence-electron chi connectivity index (χ1n) is 10.4. The second kappa shape index (κ2) is 11.5. The summed E-state index contributed by atoms with van der Waals surface area (Å²) in [6, 6.07) is 13.7. The van der Waals surface area contributed by atoms with Crippen LogP contribution in [0, 0.1) is 0 Å². The zero-order valence-electron chi connectivity index (χ0n) is 18.8. The van der Waals surface area contributed by atoms with Crippen molar-refractivity contribution in [2.24, 2.45) is 0 Å². The molecule has 1 N–H and O–H groups in total. The van der Waals surface area contributed by atoms with Gasteiger partial charge < -0.3 is 10.2 Å². The minimum atomic E-state index is -3.72. The van der Waals surface area contributed by atoms with Gasteiger partial charge in [-0.15, -0.1) is 0 Å². The van der Waals surface area contributed by atoms with E-state index in [9.17, 15) is 18.0 Å². The van der Waals surface area contributed by atoms with Gasteiger partial charge in [0.2, 0.25) is 21.8 Å². The maximum Gasteiger partial charge on any atom is 0.244 e. The van der Waals surface area contributed by atoms with Crippen LogP contribution in [0.4, 0.5) is 5.69 Å². The van der Waals surface area contributed by atoms with Gasteiger partial charge in [0.15, 0.2) is 0 Å². The first-order chi connectivity index (χ1) is 15.1. The average Bonchev–Trinajstić information content (AvgIpc) is 2.74. The molecule has 32 heavy (non-hydrogen) atoms. The van der Waals surface area contributed by atoms with Gasteiger partial charge in [-0.25, -0.2) is 8.42 Å². The van der Waals surface area contributed by atoms with Crippen molar-refractivity contribution in [3.8, 4) is 0 Å². The molecule has 9 heteroatoms. The van der Waals surface area contributed by atoms with Crippen LogP contribution in [0.5, 0.6) is 0 Å². The largest absolute Gasteiger partial charge is 0.355 e. The van der Waals surface area contributed by atoms with Crippen molar-refractivity contribution in [3.05, 3.63) is 64.1 Å². The Labute approximate surface area is 199 Å². The van der Waals surface area contributed by atoms with Crippen LogP contribution >= 0.6 is 15.9 Å². The molecule has 0 aliphatic heterocycles. The fourth-order valence-electron chi connectivity index (χ4n) is 3.25. The lowest BCUT2D eigenvalue weighted by Crippen LogP contribution is -2.51. The van der Waals surface area contributed by atoms with E-state index in [4.69, 9.17) is 0 Å². The van der Waals surface area contributed by atoms with Crippen molar-refractivity contribution < 1.29 is 18.0 Å². The minimum absolute atomic E-state index is 0.170. The Hall–Kier alpha value is -2.39. The lowest BCUT2D eigenvalue weighted by molar-refractivity contribution is -0.139. The van der Waals surface area contributed by atoms with Gasteiger partial charge in [0.1, 0.15) is 12.6 Å². The number of sulfonamides is 1. The highest BCUT2D eigenvalue weighted by atomic mass is 79.9. The van der Waals surface area contributed by atoms with Gasteiger partial charge in [-0.2, -0.15) is 0 Å². The zero-order valence-corrected chi connectivity index (χ0v) is 21.2. The summed E-state index contributed by atoms with van der Waals surface area (Å²) in [6.07, 6.45) is 1.89. The van der Waals surface area contributed by atoms with Crippen molar-refractivity contribution in [1.29, 1.82) is 0 Å². The normalized spacial score (nSPS) is 12.2. The van der Waals surface area contributed by atoms with Crippen LogP contribution in [-0.2, 0) is 32.6 Å². The fourth-order valence-corrected chi connectivity index (χ4v) is 4.54. The Morgan fingerprint density at radius 2 is 1.72 bits per heavy atom. The summed E-state index contributed by atoms with van der Waals surface area (Å²) < 4.78 is 27.0. The SMILES string of the molecule is CCNC(=O)C(C)N(Cc1cccc(Br)c1)C(=O)CN(c1ccc(CC)cc1)S(C)(=O)=O. The maximum absolute atomic E-state index is 13.4. The standard InChI is InChI=1S/C23H30BrN3O4S/c1-5-18-10-12-21(13-11-18)27(32(4,30)31)16-22(28)26(17(3)23(29)25-6-2)15-19-8-7-9-20(24)14-19/h7-14,17H,5-6,15-16H2,1-4H3,(H,25,29). The Bertz CT molecular complexity index is 1040. The second-order valence-electron chi connectivity index (χ2n) is 7.51. The Morgan fingerprint density at radius 3 is 2.25 bits per heavy atom. The molecule has 2 aromatic rings. The lowest BCUT2D eigenvalue weighted by Gasteiger charge is -2.31. The maximum atomic E-state index is 13.4. The zero-order chi connectivity index (χ0) is 23.9. The Balaban J connectivity index is 2.37. The number of nitrogens with one attached hydrogen (secondary N) is 1. The number of carbonyl (C=O) groups is 2. The van der Waals surface area contributed by atoms with E-state index in [1.54, 1.807) is 26.0 Å². The number of aryl methyl sites for hydroxylation is 1. The molecule has 0 aromatic heterocycles. The van der Waals surface area contributed by atoms with E-state index in [0.717, 1.165) is 32.6 Å². The van der Waals surface area contributed by atoms with Crippen LogP contribution in [0.2, 0.25) is 0 Å². The molecule has 1 atom stereocenters. The molecule has 0 saturated carbocycles. The van der Waals surface area contributed by atoms with Crippen LogP contribution in [0.3, 0.4) is 0 Å². The third kappa shape index (κ3) is 7.06. The molecule has 0 saturated heterocycles. The van der Waals surface area contributed by atoms with E-state index < -0.39 is 28.5 Å². The van der Waals surface area contributed by atoms with E-state index in [1.165, 1.54) is 4.90 Å². The third-order valence-corrected chi connectivity index (χ3v) is 6.71. The Kier molecular flexibility index (Phi) is 9.27. The van der Waals surface area contributed by atoms with Gasteiger partial charge in [0, 0.05) is 17.6 Å². The van der Waals surface area contributed by atoms with E-state index in [0.29, 0.717) is 12.2 Å². The van der Waals surface area contributed by atoms with Crippen LogP contribution in [0.15, 0.2) is 53.0 Å². The topological polar surface area (TPSA) is 86.8 Å². The number of hydrogen-bond acceptors (Lipinski definition) is 4. The van der Waals surface area contributed by atoms with Gasteiger partial charge in [-0.05, 0) is 55.7 Å². The fraction of sp³-hybridized carbons (Fsp3) is 0.391. The molecule has 2 aromatic carbocycles. The molecule has 0 heterocycles. The number of halogens is 1. The minimum Gasteiger partial charge on any atom is -0.355 e. The number of rotatable bonds is 10. The molecule has 174 valence electrons. The van der Waals surface area contributed by atoms with Crippen LogP contribution in [-0.4, -0.2) is 50.5 Å². The van der Waals surface area contributed by atoms with E-state index >= 15 is 0 Å². The molecule has 7 nitrogen and oxygen atoms in total. The number of anilines is 1. The van der Waals surface area contributed by atoms with E-state index in [2.05, 4.69) is 21.2 Å². The van der Waals surface area contributed by atoms with Gasteiger partial charge in [0.25, 0.3) is 0 Å². The molecule has 0 radical (unpaired) electrons. The number of carbonyl (C=O) groups excluding carboxylic acids is 2. The highest BCUT2D eigenvalue weighted by Gasteiger charge is 2.29. The first kappa shape index (κ1) is 25.9. The van der Waals surface area contributed by atoms with Crippen LogP contribution in [0.1, 0.15) is 31.9 Å². The Morgan fingerprint density at radius 1 is 1.06 bits per heavy atom. The summed E-state index contributed by atoms with van der Waals surface area (Å²) in [4.78, 5) is 27.3. The number of hydrogen-bond donors (Lipinski definition) is 1. The predicted molar refractivity (Wildman–Crippen MR) is 131 cm³/mol. The van der Waals surface area contributed by atoms with E-state index in [1.807, 2.05) is 43.3 Å². The summed E-state index contributed by atoms with van der Waals surface area (Å²) in [5.74, 6) is -0.761. The average molecular weight is 524 g/mol. The molecule has 2 amide bonds. The quantitative estimate of drug-likeness (QED) is 0.517.